The van der Waals surface area contributed by atoms with Crippen molar-refractivity contribution < 1.29 is 9.53 Å². The zero-order valence-electron chi connectivity index (χ0n) is 9.42. The summed E-state index contributed by atoms with van der Waals surface area (Å²) in [5, 5.41) is 0. The molecule has 2 rings (SSSR count). The van der Waals surface area contributed by atoms with Crippen LogP contribution in [0.5, 0.6) is 0 Å². The van der Waals surface area contributed by atoms with Gasteiger partial charge in [-0.15, -0.1) is 0 Å². The first-order valence-electron chi connectivity index (χ1n) is 5.97. The lowest BCUT2D eigenvalue weighted by molar-refractivity contribution is -0.138. The topological polar surface area (TPSA) is 29.5 Å². The number of carbonyl (C=O) groups is 1. The van der Waals surface area contributed by atoms with Crippen molar-refractivity contribution in [2.24, 2.45) is 0 Å². The molecular formula is C12H19NO2. The number of carbonyl (C=O) groups excluding carboxylic acids is 1. The largest absolute Gasteiger partial charge is 0.463 e. The van der Waals surface area contributed by atoms with Gasteiger partial charge in [-0.25, -0.2) is 4.79 Å². The molecule has 0 aromatic heterocycles. The maximum Gasteiger partial charge on any atom is 0.335 e. The van der Waals surface area contributed by atoms with Crippen molar-refractivity contribution in [3.8, 4) is 0 Å². The summed E-state index contributed by atoms with van der Waals surface area (Å²) in [7, 11) is 0. The Kier molecular flexibility index (Phi) is 3.29. The van der Waals surface area contributed by atoms with Crippen molar-refractivity contribution in [3.05, 3.63) is 11.3 Å². The molecule has 0 bridgehead atoms. The molecule has 2 aliphatic heterocycles. The van der Waals surface area contributed by atoms with E-state index in [9.17, 15) is 4.79 Å². The molecule has 2 aliphatic rings. The molecule has 84 valence electrons. The van der Waals surface area contributed by atoms with Crippen molar-refractivity contribution in [2.75, 3.05) is 19.7 Å². The van der Waals surface area contributed by atoms with Crippen molar-refractivity contribution in [1.82, 2.24) is 4.90 Å². The van der Waals surface area contributed by atoms with E-state index in [1.807, 2.05) is 6.92 Å². The minimum absolute atomic E-state index is 0.0821. The highest BCUT2D eigenvalue weighted by Crippen LogP contribution is 2.30. The Hall–Kier alpha value is -0.990. The van der Waals surface area contributed by atoms with Crippen LogP contribution in [0.15, 0.2) is 11.3 Å². The fourth-order valence-electron chi connectivity index (χ4n) is 2.51. The Morgan fingerprint density at radius 3 is 2.87 bits per heavy atom. The van der Waals surface area contributed by atoms with E-state index in [-0.39, 0.29) is 5.97 Å². The van der Waals surface area contributed by atoms with Gasteiger partial charge in [0, 0.05) is 18.8 Å². The Morgan fingerprint density at radius 2 is 2.07 bits per heavy atom. The van der Waals surface area contributed by atoms with Gasteiger partial charge < -0.3 is 9.64 Å². The van der Waals surface area contributed by atoms with E-state index in [1.54, 1.807) is 0 Å². The summed E-state index contributed by atoms with van der Waals surface area (Å²) >= 11 is 0. The quantitative estimate of drug-likeness (QED) is 0.652. The Balaban J connectivity index is 2.20. The lowest BCUT2D eigenvalue weighted by atomic mass is 10.1. The van der Waals surface area contributed by atoms with Gasteiger partial charge in [-0.05, 0) is 39.0 Å². The van der Waals surface area contributed by atoms with E-state index in [4.69, 9.17) is 4.74 Å². The van der Waals surface area contributed by atoms with Crippen LogP contribution in [0, 0.1) is 0 Å². The van der Waals surface area contributed by atoms with E-state index in [2.05, 4.69) is 4.90 Å². The molecule has 0 unspecified atom stereocenters. The van der Waals surface area contributed by atoms with Crippen LogP contribution in [0.25, 0.3) is 0 Å². The number of allylic oxidation sites excluding steroid dienone is 1. The Bertz CT molecular complexity index is 283. The molecule has 3 heteroatoms. The van der Waals surface area contributed by atoms with Crippen LogP contribution in [0.2, 0.25) is 0 Å². The third kappa shape index (κ3) is 2.16. The molecule has 0 radical (unpaired) electrons. The average Bonchev–Trinajstić information content (AvgIpc) is 2.58. The predicted octanol–water partition coefficient (Wildman–Crippen LogP) is 2.08. The number of hydrogen-bond acceptors (Lipinski definition) is 3. The van der Waals surface area contributed by atoms with Crippen molar-refractivity contribution in [1.29, 1.82) is 0 Å². The SMILES string of the molecule is CCOC(=O)C1=C2CCCN2CCCC1. The van der Waals surface area contributed by atoms with Crippen LogP contribution in [0.1, 0.15) is 39.0 Å². The summed E-state index contributed by atoms with van der Waals surface area (Å²) < 4.78 is 5.12. The van der Waals surface area contributed by atoms with Gasteiger partial charge in [-0.1, -0.05) is 0 Å². The van der Waals surface area contributed by atoms with E-state index >= 15 is 0 Å². The second kappa shape index (κ2) is 4.69. The Labute approximate surface area is 91.1 Å². The van der Waals surface area contributed by atoms with Crippen LogP contribution in [-0.4, -0.2) is 30.6 Å². The average molecular weight is 209 g/mol. The lowest BCUT2D eigenvalue weighted by Gasteiger charge is -2.19. The van der Waals surface area contributed by atoms with Gasteiger partial charge in [0.15, 0.2) is 0 Å². The van der Waals surface area contributed by atoms with E-state index in [1.165, 1.54) is 18.5 Å². The van der Waals surface area contributed by atoms with Crippen LogP contribution in [0.3, 0.4) is 0 Å². The van der Waals surface area contributed by atoms with E-state index in [0.29, 0.717) is 6.61 Å². The summed E-state index contributed by atoms with van der Waals surface area (Å²) in [6, 6.07) is 0. The maximum absolute atomic E-state index is 11.8. The van der Waals surface area contributed by atoms with Gasteiger partial charge in [-0.3, -0.25) is 0 Å². The molecule has 1 saturated heterocycles. The zero-order chi connectivity index (χ0) is 10.7. The number of hydrogen-bond donors (Lipinski definition) is 0. The molecule has 0 amide bonds. The minimum atomic E-state index is -0.0821. The Morgan fingerprint density at radius 1 is 1.27 bits per heavy atom. The van der Waals surface area contributed by atoms with Gasteiger partial charge in [0.1, 0.15) is 0 Å². The molecule has 0 saturated carbocycles. The van der Waals surface area contributed by atoms with E-state index in [0.717, 1.165) is 37.9 Å². The molecule has 15 heavy (non-hydrogen) atoms. The van der Waals surface area contributed by atoms with Gasteiger partial charge in [0.25, 0.3) is 0 Å². The number of fused-ring (bicyclic) bond motifs is 1. The predicted molar refractivity (Wildman–Crippen MR) is 58.3 cm³/mol. The second-order valence-electron chi connectivity index (χ2n) is 4.19. The monoisotopic (exact) mass is 209 g/mol. The first-order valence-corrected chi connectivity index (χ1v) is 5.97. The first kappa shape index (κ1) is 10.5. The molecule has 0 atom stereocenters. The molecule has 0 aromatic rings. The van der Waals surface area contributed by atoms with Crippen LogP contribution < -0.4 is 0 Å². The number of ether oxygens (including phenoxy) is 1. The van der Waals surface area contributed by atoms with Crippen LogP contribution >= 0.6 is 0 Å². The molecule has 1 fully saturated rings. The van der Waals surface area contributed by atoms with Gasteiger partial charge in [-0.2, -0.15) is 0 Å². The first-order chi connectivity index (χ1) is 7.33. The summed E-state index contributed by atoms with van der Waals surface area (Å²) in [6.07, 6.45) is 5.48. The fraction of sp³-hybridized carbons (Fsp3) is 0.750. The maximum atomic E-state index is 11.8. The van der Waals surface area contributed by atoms with Crippen molar-refractivity contribution >= 4 is 5.97 Å². The standard InChI is InChI=1S/C12H19NO2/c1-2-15-12(14)10-6-3-4-8-13-9-5-7-11(10)13/h2-9H2,1H3. The summed E-state index contributed by atoms with van der Waals surface area (Å²) in [5.74, 6) is -0.0821. The van der Waals surface area contributed by atoms with Gasteiger partial charge >= 0.3 is 5.97 Å². The highest BCUT2D eigenvalue weighted by molar-refractivity contribution is 5.89. The minimum Gasteiger partial charge on any atom is -0.463 e. The summed E-state index contributed by atoms with van der Waals surface area (Å²) in [4.78, 5) is 14.2. The molecule has 0 aromatic carbocycles. The molecular weight excluding hydrogens is 190 g/mol. The fourth-order valence-corrected chi connectivity index (χ4v) is 2.51. The van der Waals surface area contributed by atoms with Crippen LogP contribution in [0.4, 0.5) is 0 Å². The summed E-state index contributed by atoms with van der Waals surface area (Å²) in [6.45, 7) is 4.60. The van der Waals surface area contributed by atoms with E-state index < -0.39 is 0 Å². The third-order valence-electron chi connectivity index (χ3n) is 3.20. The summed E-state index contributed by atoms with van der Waals surface area (Å²) in [5.41, 5.74) is 2.22. The molecule has 0 spiro atoms. The number of esters is 1. The molecule has 3 nitrogen and oxygen atoms in total. The molecule has 2 heterocycles. The third-order valence-corrected chi connectivity index (χ3v) is 3.20. The lowest BCUT2D eigenvalue weighted by Crippen LogP contribution is -2.20. The number of rotatable bonds is 2. The highest BCUT2D eigenvalue weighted by Gasteiger charge is 2.26. The molecule has 0 aliphatic carbocycles. The highest BCUT2D eigenvalue weighted by atomic mass is 16.5. The smallest absolute Gasteiger partial charge is 0.335 e. The van der Waals surface area contributed by atoms with Crippen LogP contribution in [-0.2, 0) is 9.53 Å². The van der Waals surface area contributed by atoms with Gasteiger partial charge in [0.05, 0.1) is 12.2 Å². The second-order valence-corrected chi connectivity index (χ2v) is 4.19. The van der Waals surface area contributed by atoms with Crippen molar-refractivity contribution in [3.63, 3.8) is 0 Å². The zero-order valence-corrected chi connectivity index (χ0v) is 9.42. The number of nitrogens with zero attached hydrogens (tertiary/aromatic N) is 1. The van der Waals surface area contributed by atoms with Crippen molar-refractivity contribution in [2.45, 2.75) is 39.0 Å². The van der Waals surface area contributed by atoms with Gasteiger partial charge in [0.2, 0.25) is 0 Å². The molecule has 0 N–H and O–H groups in total. The normalized spacial score (nSPS) is 21.3.